The summed E-state index contributed by atoms with van der Waals surface area (Å²) in [5.74, 6) is 1.41. The van der Waals surface area contributed by atoms with E-state index in [2.05, 4.69) is 10.3 Å². The van der Waals surface area contributed by atoms with Crippen molar-refractivity contribution < 1.29 is 19.0 Å². The van der Waals surface area contributed by atoms with Crippen LogP contribution in [-0.4, -0.2) is 47.3 Å². The highest BCUT2D eigenvalue weighted by atomic mass is 32.2. The summed E-state index contributed by atoms with van der Waals surface area (Å²) in [5, 5.41) is 3.95. The van der Waals surface area contributed by atoms with Gasteiger partial charge in [-0.2, -0.15) is 0 Å². The van der Waals surface area contributed by atoms with E-state index >= 15 is 0 Å². The maximum absolute atomic E-state index is 13.3. The molecule has 1 fully saturated rings. The Morgan fingerprint density at radius 1 is 1.19 bits per heavy atom. The minimum atomic E-state index is -0.143. The highest BCUT2D eigenvalue weighted by Crippen LogP contribution is 2.33. The molecule has 0 radical (unpaired) electrons. The molecule has 0 aliphatic carbocycles. The predicted octanol–water partition coefficient (Wildman–Crippen LogP) is 2.56. The average molecular weight is 454 g/mol. The quantitative estimate of drug-likeness (QED) is 0.434. The number of carbonyl (C=O) groups excluding carboxylic acids is 1. The third kappa shape index (κ3) is 4.44. The van der Waals surface area contributed by atoms with Crippen LogP contribution in [-0.2, 0) is 16.1 Å². The summed E-state index contributed by atoms with van der Waals surface area (Å²) in [5.41, 5.74) is 1.36. The standard InChI is InChI=1S/C23H23N3O5S/c27-21(24-11-16-4-3-9-29-16)13-32-23-25-18-6-2-1-5-17(18)22(28)26(23)12-15-7-8-19-20(10-15)31-14-30-19/h1-2,5-8,10,16H,3-4,9,11-14H2,(H,24,27)/t16-/m1/s1. The summed E-state index contributed by atoms with van der Waals surface area (Å²) in [6, 6.07) is 12.8. The molecule has 5 rings (SSSR count). The van der Waals surface area contributed by atoms with E-state index in [1.54, 1.807) is 10.6 Å². The number of nitrogens with zero attached hydrogens (tertiary/aromatic N) is 2. The van der Waals surface area contributed by atoms with Gasteiger partial charge in [-0.3, -0.25) is 14.2 Å². The second-order valence-electron chi connectivity index (χ2n) is 7.72. The van der Waals surface area contributed by atoms with Crippen LogP contribution >= 0.6 is 11.8 Å². The summed E-state index contributed by atoms with van der Waals surface area (Å²) in [6.45, 7) is 1.77. The van der Waals surface area contributed by atoms with Crippen molar-refractivity contribution in [1.82, 2.24) is 14.9 Å². The zero-order chi connectivity index (χ0) is 21.9. The molecule has 2 aliphatic heterocycles. The Hall–Kier alpha value is -3.04. The minimum absolute atomic E-state index is 0.0898. The largest absolute Gasteiger partial charge is 0.454 e. The number of thioether (sulfide) groups is 1. The van der Waals surface area contributed by atoms with Gasteiger partial charge in [0.2, 0.25) is 12.7 Å². The Bertz CT molecular complexity index is 1210. The molecule has 2 aromatic carbocycles. The summed E-state index contributed by atoms with van der Waals surface area (Å²) in [4.78, 5) is 30.3. The van der Waals surface area contributed by atoms with Gasteiger partial charge in [-0.15, -0.1) is 0 Å². The van der Waals surface area contributed by atoms with Crippen LogP contribution in [0.3, 0.4) is 0 Å². The lowest BCUT2D eigenvalue weighted by molar-refractivity contribution is -0.119. The van der Waals surface area contributed by atoms with Crippen molar-refractivity contribution in [3.8, 4) is 11.5 Å². The molecule has 1 aromatic heterocycles. The second-order valence-corrected chi connectivity index (χ2v) is 8.66. The number of benzene rings is 2. The molecule has 0 bridgehead atoms. The number of para-hydroxylation sites is 1. The van der Waals surface area contributed by atoms with Crippen LogP contribution in [0.15, 0.2) is 52.4 Å². The SMILES string of the molecule is O=C(CSc1nc2ccccc2c(=O)n1Cc1ccc2c(c1)OCO2)NC[C@H]1CCCO1. The fourth-order valence-electron chi connectivity index (χ4n) is 3.83. The molecular formula is C23H23N3O5S. The summed E-state index contributed by atoms with van der Waals surface area (Å²) in [7, 11) is 0. The number of ether oxygens (including phenoxy) is 3. The van der Waals surface area contributed by atoms with Gasteiger partial charge in [0.05, 0.1) is 29.3 Å². The monoisotopic (exact) mass is 453 g/mol. The number of hydrogen-bond donors (Lipinski definition) is 1. The maximum atomic E-state index is 13.3. The number of nitrogens with one attached hydrogen (secondary N) is 1. The zero-order valence-corrected chi connectivity index (χ0v) is 18.2. The normalized spacial score (nSPS) is 17.1. The fraction of sp³-hybridized carbons (Fsp3) is 0.348. The van der Waals surface area contributed by atoms with Gasteiger partial charge < -0.3 is 19.5 Å². The topological polar surface area (TPSA) is 91.7 Å². The van der Waals surface area contributed by atoms with Gasteiger partial charge in [0, 0.05) is 13.2 Å². The van der Waals surface area contributed by atoms with Crippen molar-refractivity contribution in [2.24, 2.45) is 0 Å². The van der Waals surface area contributed by atoms with E-state index in [4.69, 9.17) is 14.2 Å². The van der Waals surface area contributed by atoms with Crippen LogP contribution in [0.2, 0.25) is 0 Å². The van der Waals surface area contributed by atoms with Gasteiger partial charge in [-0.05, 0) is 42.7 Å². The fourth-order valence-corrected chi connectivity index (χ4v) is 4.66. The van der Waals surface area contributed by atoms with Crippen LogP contribution in [0.25, 0.3) is 10.9 Å². The van der Waals surface area contributed by atoms with Gasteiger partial charge in [-0.1, -0.05) is 30.0 Å². The number of hydrogen-bond acceptors (Lipinski definition) is 7. The summed E-state index contributed by atoms with van der Waals surface area (Å²) >= 11 is 1.25. The number of amides is 1. The van der Waals surface area contributed by atoms with Crippen LogP contribution < -0.4 is 20.3 Å². The van der Waals surface area contributed by atoms with Gasteiger partial charge in [-0.25, -0.2) is 4.98 Å². The molecule has 0 saturated carbocycles. The van der Waals surface area contributed by atoms with Gasteiger partial charge in [0.25, 0.3) is 5.56 Å². The molecule has 1 atom stereocenters. The third-order valence-electron chi connectivity index (χ3n) is 5.49. The first-order chi connectivity index (χ1) is 15.7. The van der Waals surface area contributed by atoms with Crippen molar-refractivity contribution >= 4 is 28.6 Å². The van der Waals surface area contributed by atoms with E-state index in [0.717, 1.165) is 25.0 Å². The molecule has 2 aliphatic rings. The first kappa shape index (κ1) is 20.8. The molecule has 1 amide bonds. The Kier molecular flexibility index (Phi) is 6.00. The molecule has 3 heterocycles. The first-order valence-electron chi connectivity index (χ1n) is 10.6. The molecule has 1 saturated heterocycles. The molecule has 9 heteroatoms. The van der Waals surface area contributed by atoms with Crippen LogP contribution in [0.1, 0.15) is 18.4 Å². The van der Waals surface area contributed by atoms with Crippen molar-refractivity contribution in [2.75, 3.05) is 25.7 Å². The van der Waals surface area contributed by atoms with Gasteiger partial charge in [0.1, 0.15) is 0 Å². The third-order valence-corrected chi connectivity index (χ3v) is 6.46. The average Bonchev–Trinajstić information content (AvgIpc) is 3.50. The van der Waals surface area contributed by atoms with Gasteiger partial charge >= 0.3 is 0 Å². The Morgan fingerprint density at radius 3 is 2.94 bits per heavy atom. The van der Waals surface area contributed by atoms with Crippen molar-refractivity contribution in [1.29, 1.82) is 0 Å². The Labute approximate surface area is 188 Å². The molecule has 0 unspecified atom stereocenters. The van der Waals surface area contributed by atoms with Crippen molar-refractivity contribution in [3.63, 3.8) is 0 Å². The first-order valence-corrected chi connectivity index (χ1v) is 11.5. The smallest absolute Gasteiger partial charge is 0.262 e. The predicted molar refractivity (Wildman–Crippen MR) is 120 cm³/mol. The van der Waals surface area contributed by atoms with Crippen LogP contribution in [0, 0.1) is 0 Å². The maximum Gasteiger partial charge on any atom is 0.262 e. The second kappa shape index (κ2) is 9.22. The van der Waals surface area contributed by atoms with E-state index in [0.29, 0.717) is 40.6 Å². The van der Waals surface area contributed by atoms with Crippen LogP contribution in [0.5, 0.6) is 11.5 Å². The van der Waals surface area contributed by atoms with Gasteiger partial charge in [0.15, 0.2) is 16.7 Å². The molecule has 8 nitrogen and oxygen atoms in total. The summed E-state index contributed by atoms with van der Waals surface area (Å²) in [6.07, 6.45) is 2.09. The van der Waals surface area contributed by atoms with E-state index in [1.807, 2.05) is 36.4 Å². The molecule has 3 aromatic rings. The molecule has 1 N–H and O–H groups in total. The lowest BCUT2D eigenvalue weighted by atomic mass is 10.2. The lowest BCUT2D eigenvalue weighted by Crippen LogP contribution is -2.33. The van der Waals surface area contributed by atoms with E-state index in [-0.39, 0.29) is 30.1 Å². The summed E-state index contributed by atoms with van der Waals surface area (Å²) < 4.78 is 18.0. The molecule has 32 heavy (non-hydrogen) atoms. The molecule has 166 valence electrons. The highest BCUT2D eigenvalue weighted by molar-refractivity contribution is 7.99. The van der Waals surface area contributed by atoms with E-state index < -0.39 is 0 Å². The van der Waals surface area contributed by atoms with E-state index in [1.165, 1.54) is 11.8 Å². The molecule has 0 spiro atoms. The number of carbonyl (C=O) groups is 1. The van der Waals surface area contributed by atoms with Crippen molar-refractivity contribution in [3.05, 3.63) is 58.4 Å². The van der Waals surface area contributed by atoms with E-state index in [9.17, 15) is 9.59 Å². The lowest BCUT2D eigenvalue weighted by Gasteiger charge is -2.14. The highest BCUT2D eigenvalue weighted by Gasteiger charge is 2.18. The number of aromatic nitrogens is 2. The van der Waals surface area contributed by atoms with Crippen LogP contribution in [0.4, 0.5) is 0 Å². The number of fused-ring (bicyclic) bond motifs is 2. The Morgan fingerprint density at radius 2 is 2.06 bits per heavy atom. The minimum Gasteiger partial charge on any atom is -0.454 e. The molecular weight excluding hydrogens is 430 g/mol. The Balaban J connectivity index is 1.38. The van der Waals surface area contributed by atoms with Crippen molar-refractivity contribution in [2.45, 2.75) is 30.6 Å². The number of rotatable bonds is 7. The zero-order valence-electron chi connectivity index (χ0n) is 17.4.